The summed E-state index contributed by atoms with van der Waals surface area (Å²) >= 11 is 1.79. The first-order chi connectivity index (χ1) is 9.66. The van der Waals surface area contributed by atoms with E-state index < -0.39 is 0 Å². The Morgan fingerprint density at radius 2 is 1.95 bits per heavy atom. The van der Waals surface area contributed by atoms with Crippen LogP contribution in [0.15, 0.2) is 48.8 Å². The quantitative estimate of drug-likeness (QED) is 0.761. The Morgan fingerprint density at radius 1 is 1.10 bits per heavy atom. The molecule has 0 saturated carbocycles. The molecule has 0 saturated heterocycles. The number of aromatic nitrogens is 1. The van der Waals surface area contributed by atoms with Crippen LogP contribution in [-0.2, 0) is 0 Å². The maximum Gasteiger partial charge on any atom is 0.0413 e. The van der Waals surface area contributed by atoms with Gasteiger partial charge in [-0.25, -0.2) is 0 Å². The third-order valence-corrected chi connectivity index (χ3v) is 4.84. The Kier molecular flexibility index (Phi) is 3.55. The van der Waals surface area contributed by atoms with Crippen LogP contribution in [-0.4, -0.2) is 4.98 Å². The van der Waals surface area contributed by atoms with E-state index in [1.807, 2.05) is 12.4 Å². The summed E-state index contributed by atoms with van der Waals surface area (Å²) in [5.74, 6) is 0.457. The van der Waals surface area contributed by atoms with Crippen LogP contribution in [0.1, 0.15) is 24.8 Å². The smallest absolute Gasteiger partial charge is 0.0413 e. The number of thiophene rings is 1. The summed E-state index contributed by atoms with van der Waals surface area (Å²) in [5.41, 5.74) is 7.50. The molecular formula is C17H18N2S. The number of pyridine rings is 1. The molecule has 2 N–H and O–H groups in total. The lowest BCUT2D eigenvalue weighted by Crippen LogP contribution is -2.14. The van der Waals surface area contributed by atoms with Crippen molar-refractivity contribution in [3.05, 3.63) is 53.7 Å². The molecule has 0 bridgehead atoms. The van der Waals surface area contributed by atoms with Crippen molar-refractivity contribution in [1.29, 1.82) is 0 Å². The van der Waals surface area contributed by atoms with Gasteiger partial charge in [0.25, 0.3) is 0 Å². The second-order valence-corrected chi connectivity index (χ2v) is 6.49. The van der Waals surface area contributed by atoms with E-state index in [0.717, 1.165) is 0 Å². The molecule has 2 aromatic heterocycles. The molecule has 3 aromatic rings. The summed E-state index contributed by atoms with van der Waals surface area (Å²) in [7, 11) is 0. The molecule has 102 valence electrons. The van der Waals surface area contributed by atoms with Gasteiger partial charge in [0.2, 0.25) is 0 Å². The highest BCUT2D eigenvalue weighted by molar-refractivity contribution is 7.15. The number of nitrogens with two attached hydrogens (primary N) is 1. The highest BCUT2D eigenvalue weighted by atomic mass is 32.1. The molecule has 0 aliphatic heterocycles. The second kappa shape index (κ2) is 5.35. The highest BCUT2D eigenvalue weighted by Gasteiger charge is 2.14. The van der Waals surface area contributed by atoms with E-state index in [1.54, 1.807) is 11.3 Å². The minimum Gasteiger partial charge on any atom is -0.323 e. The summed E-state index contributed by atoms with van der Waals surface area (Å²) in [4.78, 5) is 6.71. The Hall–Kier alpha value is -1.71. The van der Waals surface area contributed by atoms with Gasteiger partial charge in [-0.2, -0.15) is 0 Å². The van der Waals surface area contributed by atoms with Gasteiger partial charge in [-0.3, -0.25) is 4.98 Å². The molecule has 0 amide bonds. The van der Waals surface area contributed by atoms with Crippen LogP contribution in [0.25, 0.3) is 21.2 Å². The van der Waals surface area contributed by atoms with Crippen molar-refractivity contribution in [2.75, 3.05) is 0 Å². The zero-order chi connectivity index (χ0) is 14.1. The molecule has 0 aliphatic rings. The second-order valence-electron chi connectivity index (χ2n) is 5.37. The Balaban J connectivity index is 2.08. The molecule has 20 heavy (non-hydrogen) atoms. The van der Waals surface area contributed by atoms with Crippen LogP contribution in [0.5, 0.6) is 0 Å². The maximum absolute atomic E-state index is 6.24. The van der Waals surface area contributed by atoms with Crippen LogP contribution >= 0.6 is 11.3 Å². The lowest BCUT2D eigenvalue weighted by atomic mass is 10.0. The van der Waals surface area contributed by atoms with Crippen molar-refractivity contribution < 1.29 is 0 Å². The Morgan fingerprint density at radius 3 is 2.75 bits per heavy atom. The van der Waals surface area contributed by atoms with Crippen molar-refractivity contribution >= 4 is 22.1 Å². The van der Waals surface area contributed by atoms with Crippen LogP contribution in [0.2, 0.25) is 0 Å². The summed E-state index contributed by atoms with van der Waals surface area (Å²) in [6.07, 6.45) is 3.76. The van der Waals surface area contributed by atoms with Crippen LogP contribution in [0.3, 0.4) is 0 Å². The van der Waals surface area contributed by atoms with Gasteiger partial charge in [-0.15, -0.1) is 11.3 Å². The molecule has 0 fully saturated rings. The molecule has 3 rings (SSSR count). The van der Waals surface area contributed by atoms with Crippen molar-refractivity contribution in [2.24, 2.45) is 11.7 Å². The van der Waals surface area contributed by atoms with E-state index in [-0.39, 0.29) is 6.04 Å². The first-order valence-electron chi connectivity index (χ1n) is 6.85. The van der Waals surface area contributed by atoms with Gasteiger partial charge in [-0.05, 0) is 35.1 Å². The average molecular weight is 282 g/mol. The molecule has 1 aromatic carbocycles. The van der Waals surface area contributed by atoms with Gasteiger partial charge in [0.1, 0.15) is 0 Å². The minimum absolute atomic E-state index is 0.116. The van der Waals surface area contributed by atoms with E-state index in [4.69, 9.17) is 5.73 Å². The first-order valence-corrected chi connectivity index (χ1v) is 7.67. The zero-order valence-electron chi connectivity index (χ0n) is 11.7. The third kappa shape index (κ3) is 2.35. The van der Waals surface area contributed by atoms with Gasteiger partial charge < -0.3 is 5.73 Å². The predicted octanol–water partition coefficient (Wildman–Crippen LogP) is 4.62. The molecular weight excluding hydrogens is 264 g/mol. The Labute approximate surface area is 123 Å². The minimum atomic E-state index is 0.116. The molecule has 2 heterocycles. The van der Waals surface area contributed by atoms with E-state index in [1.165, 1.54) is 26.1 Å². The zero-order valence-corrected chi connectivity index (χ0v) is 12.5. The number of nitrogens with zero attached hydrogens (tertiary/aromatic N) is 1. The fourth-order valence-corrected chi connectivity index (χ4v) is 3.56. The van der Waals surface area contributed by atoms with Crippen molar-refractivity contribution in [2.45, 2.75) is 19.9 Å². The van der Waals surface area contributed by atoms with Crippen LogP contribution in [0.4, 0.5) is 0 Å². The number of hydrogen-bond acceptors (Lipinski definition) is 3. The summed E-state index contributed by atoms with van der Waals surface area (Å²) in [5, 5.41) is 2.42. The van der Waals surface area contributed by atoms with Crippen LogP contribution in [0, 0.1) is 5.92 Å². The molecule has 0 aliphatic carbocycles. The summed E-state index contributed by atoms with van der Waals surface area (Å²) in [6, 6.07) is 12.9. The molecule has 0 spiro atoms. The van der Waals surface area contributed by atoms with Crippen molar-refractivity contribution in [3.8, 4) is 10.4 Å². The lowest BCUT2D eigenvalue weighted by Gasteiger charge is -2.13. The average Bonchev–Trinajstić information content (AvgIpc) is 2.95. The number of benzene rings is 1. The van der Waals surface area contributed by atoms with E-state index in [0.29, 0.717) is 5.92 Å². The molecule has 3 heteroatoms. The Bertz CT molecular complexity index is 725. The fraction of sp³-hybridized carbons (Fsp3) is 0.235. The monoisotopic (exact) mass is 282 g/mol. The largest absolute Gasteiger partial charge is 0.323 e. The first kappa shape index (κ1) is 13.3. The number of fused-ring (bicyclic) bond motifs is 1. The summed E-state index contributed by atoms with van der Waals surface area (Å²) < 4.78 is 0. The van der Waals surface area contributed by atoms with E-state index in [9.17, 15) is 0 Å². The molecule has 2 nitrogen and oxygen atoms in total. The van der Waals surface area contributed by atoms with Crippen molar-refractivity contribution in [3.63, 3.8) is 0 Å². The lowest BCUT2D eigenvalue weighted by molar-refractivity contribution is 0.521. The normalized spacial score (nSPS) is 13.0. The maximum atomic E-state index is 6.24. The number of hydrogen-bond donors (Lipinski definition) is 1. The van der Waals surface area contributed by atoms with E-state index in [2.05, 4.69) is 55.2 Å². The van der Waals surface area contributed by atoms with Gasteiger partial charge in [0.05, 0.1) is 0 Å². The van der Waals surface area contributed by atoms with Gasteiger partial charge in [-0.1, -0.05) is 32.0 Å². The molecule has 0 radical (unpaired) electrons. The topological polar surface area (TPSA) is 38.9 Å². The fourth-order valence-electron chi connectivity index (χ4n) is 2.34. The molecule has 1 atom stereocenters. The van der Waals surface area contributed by atoms with E-state index >= 15 is 0 Å². The predicted molar refractivity (Wildman–Crippen MR) is 86.8 cm³/mol. The standard InChI is InChI=1S/C17H18N2S/c1-11(2)17(18)16-7-6-15(20-16)14-5-3-4-12-10-19-9-8-13(12)14/h3-11,17H,18H2,1-2H3. The molecule has 1 unspecified atom stereocenters. The van der Waals surface area contributed by atoms with Gasteiger partial charge in [0.15, 0.2) is 0 Å². The summed E-state index contributed by atoms with van der Waals surface area (Å²) in [6.45, 7) is 4.32. The van der Waals surface area contributed by atoms with Crippen LogP contribution < -0.4 is 5.73 Å². The van der Waals surface area contributed by atoms with Gasteiger partial charge in [0, 0.05) is 33.6 Å². The highest BCUT2D eigenvalue weighted by Crippen LogP contribution is 2.36. The number of rotatable bonds is 3. The third-order valence-electron chi connectivity index (χ3n) is 3.62. The van der Waals surface area contributed by atoms with Gasteiger partial charge >= 0.3 is 0 Å². The van der Waals surface area contributed by atoms with Crippen molar-refractivity contribution in [1.82, 2.24) is 4.98 Å². The SMILES string of the molecule is CC(C)C(N)c1ccc(-c2cccc3cnccc23)s1.